The number of carbonyl (C=O) groups is 2. The van der Waals surface area contributed by atoms with Crippen molar-refractivity contribution in [1.29, 1.82) is 0 Å². The largest absolute Gasteiger partial charge is 0.490 e. The molecule has 0 aromatic heterocycles. The molecule has 1 unspecified atom stereocenters. The van der Waals surface area contributed by atoms with E-state index in [0.29, 0.717) is 37.1 Å². The lowest BCUT2D eigenvalue weighted by Crippen LogP contribution is -2.40. The normalized spacial score (nSPS) is 15.0. The highest BCUT2D eigenvalue weighted by Crippen LogP contribution is 2.39. The van der Waals surface area contributed by atoms with E-state index >= 15 is 0 Å². The Morgan fingerprint density at radius 2 is 1.54 bits per heavy atom. The molecule has 28 heavy (non-hydrogen) atoms. The summed E-state index contributed by atoms with van der Waals surface area (Å²) in [6, 6.07) is 3.29. The molecule has 0 saturated heterocycles. The third-order valence-electron chi connectivity index (χ3n) is 4.50. The van der Waals surface area contributed by atoms with Crippen LogP contribution in [0.1, 0.15) is 63.7 Å². The topological polar surface area (TPSA) is 83.1 Å². The maximum Gasteiger partial charge on any atom is 0.339 e. The summed E-state index contributed by atoms with van der Waals surface area (Å²) < 4.78 is 22.2. The first-order valence-electron chi connectivity index (χ1n) is 10.1. The van der Waals surface area contributed by atoms with Crippen LogP contribution in [0.5, 0.6) is 17.2 Å². The van der Waals surface area contributed by atoms with E-state index in [1.807, 2.05) is 20.8 Å². The Kier molecular flexibility index (Phi) is 8.42. The molecule has 0 radical (unpaired) electrons. The van der Waals surface area contributed by atoms with Crippen molar-refractivity contribution in [3.8, 4) is 17.2 Å². The van der Waals surface area contributed by atoms with Crippen molar-refractivity contribution in [1.82, 2.24) is 5.32 Å². The molecule has 0 spiro atoms. The van der Waals surface area contributed by atoms with Gasteiger partial charge in [-0.25, -0.2) is 4.79 Å². The highest BCUT2D eigenvalue weighted by molar-refractivity contribution is 5.93. The molecule has 1 amide bonds. The Balaban J connectivity index is 2.14. The summed E-state index contributed by atoms with van der Waals surface area (Å²) in [5.41, 5.74) is 0.246. The van der Waals surface area contributed by atoms with E-state index in [9.17, 15) is 9.59 Å². The molecule has 1 aromatic carbocycles. The van der Waals surface area contributed by atoms with E-state index in [4.69, 9.17) is 18.9 Å². The predicted octanol–water partition coefficient (Wildman–Crippen LogP) is 3.49. The van der Waals surface area contributed by atoms with Crippen molar-refractivity contribution in [2.24, 2.45) is 0 Å². The van der Waals surface area contributed by atoms with Gasteiger partial charge in [0.2, 0.25) is 5.75 Å². The van der Waals surface area contributed by atoms with E-state index in [-0.39, 0.29) is 17.5 Å². The molecule has 7 heteroatoms. The average Bonchev–Trinajstić information content (AvgIpc) is 3.17. The van der Waals surface area contributed by atoms with Crippen molar-refractivity contribution < 1.29 is 28.5 Å². The SMILES string of the molecule is CCOc1cc(C(=O)OC(C)C(=O)NC2CCCC2)cc(OCC)c1OCC. The number of amides is 1. The summed E-state index contributed by atoms with van der Waals surface area (Å²) in [5, 5.41) is 2.94. The van der Waals surface area contributed by atoms with Crippen LogP contribution in [0.4, 0.5) is 0 Å². The number of esters is 1. The lowest BCUT2D eigenvalue weighted by molar-refractivity contribution is -0.129. The minimum Gasteiger partial charge on any atom is -0.490 e. The quantitative estimate of drug-likeness (QED) is 0.613. The molecule has 1 aliphatic carbocycles. The molecule has 156 valence electrons. The third-order valence-corrected chi connectivity index (χ3v) is 4.50. The molecule has 0 aliphatic heterocycles. The first kappa shape index (κ1) is 21.9. The Bertz CT molecular complexity index is 642. The van der Waals surface area contributed by atoms with Gasteiger partial charge in [0.05, 0.1) is 25.4 Å². The first-order valence-corrected chi connectivity index (χ1v) is 10.1. The Hall–Kier alpha value is -2.44. The molecule has 0 bridgehead atoms. The maximum absolute atomic E-state index is 12.6. The molecule has 1 aliphatic rings. The Labute approximate surface area is 166 Å². The molecule has 2 rings (SSSR count). The fourth-order valence-electron chi connectivity index (χ4n) is 3.18. The zero-order chi connectivity index (χ0) is 20.5. The highest BCUT2D eigenvalue weighted by atomic mass is 16.6. The molecule has 1 saturated carbocycles. The summed E-state index contributed by atoms with van der Waals surface area (Å²) in [5.74, 6) is 0.380. The van der Waals surface area contributed by atoms with Gasteiger partial charge < -0.3 is 24.3 Å². The summed E-state index contributed by atoms with van der Waals surface area (Å²) in [4.78, 5) is 24.9. The Morgan fingerprint density at radius 3 is 2.04 bits per heavy atom. The van der Waals surface area contributed by atoms with Gasteiger partial charge in [-0.1, -0.05) is 12.8 Å². The standard InChI is InChI=1S/C21H31NO6/c1-5-25-17-12-15(13-18(26-6-2)19(17)27-7-3)21(24)28-14(4)20(23)22-16-10-8-9-11-16/h12-14,16H,5-11H2,1-4H3,(H,22,23). The number of benzene rings is 1. The number of nitrogens with one attached hydrogen (secondary N) is 1. The van der Waals surface area contributed by atoms with Gasteiger partial charge in [-0.2, -0.15) is 0 Å². The Morgan fingerprint density at radius 1 is 1.00 bits per heavy atom. The maximum atomic E-state index is 12.6. The van der Waals surface area contributed by atoms with Gasteiger partial charge in [0.15, 0.2) is 17.6 Å². The number of rotatable bonds is 10. The van der Waals surface area contributed by atoms with Crippen molar-refractivity contribution in [3.05, 3.63) is 17.7 Å². The van der Waals surface area contributed by atoms with Gasteiger partial charge >= 0.3 is 5.97 Å². The van der Waals surface area contributed by atoms with E-state index in [2.05, 4.69) is 5.32 Å². The minimum absolute atomic E-state index is 0.174. The van der Waals surface area contributed by atoms with E-state index in [1.165, 1.54) is 0 Å². The molecule has 1 atom stereocenters. The van der Waals surface area contributed by atoms with Crippen LogP contribution in [0, 0.1) is 0 Å². The van der Waals surface area contributed by atoms with Gasteiger partial charge in [-0.15, -0.1) is 0 Å². The molecular formula is C21H31NO6. The second kappa shape index (κ2) is 10.8. The molecule has 0 heterocycles. The number of hydrogen-bond donors (Lipinski definition) is 1. The van der Waals surface area contributed by atoms with E-state index in [0.717, 1.165) is 25.7 Å². The van der Waals surface area contributed by atoms with Crippen molar-refractivity contribution in [2.75, 3.05) is 19.8 Å². The zero-order valence-electron chi connectivity index (χ0n) is 17.2. The highest BCUT2D eigenvalue weighted by Gasteiger charge is 2.25. The predicted molar refractivity (Wildman–Crippen MR) is 105 cm³/mol. The van der Waals surface area contributed by atoms with E-state index in [1.54, 1.807) is 19.1 Å². The second-order valence-electron chi connectivity index (χ2n) is 6.64. The number of hydrogen-bond acceptors (Lipinski definition) is 6. The summed E-state index contributed by atoms with van der Waals surface area (Å²) in [6.45, 7) is 8.37. The van der Waals surface area contributed by atoms with Gasteiger partial charge in [0, 0.05) is 6.04 Å². The summed E-state index contributed by atoms with van der Waals surface area (Å²) in [6.07, 6.45) is 3.30. The molecule has 1 aromatic rings. The lowest BCUT2D eigenvalue weighted by Gasteiger charge is -2.19. The summed E-state index contributed by atoms with van der Waals surface area (Å²) in [7, 11) is 0. The molecular weight excluding hydrogens is 362 g/mol. The average molecular weight is 393 g/mol. The van der Waals surface area contributed by atoms with Crippen LogP contribution in [-0.2, 0) is 9.53 Å². The minimum atomic E-state index is -0.884. The smallest absolute Gasteiger partial charge is 0.339 e. The zero-order valence-corrected chi connectivity index (χ0v) is 17.2. The van der Waals surface area contributed by atoms with Crippen LogP contribution in [-0.4, -0.2) is 43.8 Å². The third kappa shape index (κ3) is 5.78. The van der Waals surface area contributed by atoms with Gasteiger partial charge in [0.25, 0.3) is 5.91 Å². The monoisotopic (exact) mass is 393 g/mol. The van der Waals surface area contributed by atoms with Crippen LogP contribution >= 0.6 is 0 Å². The van der Waals surface area contributed by atoms with Gasteiger partial charge in [-0.05, 0) is 52.7 Å². The van der Waals surface area contributed by atoms with Crippen LogP contribution in [0.2, 0.25) is 0 Å². The molecule has 1 fully saturated rings. The van der Waals surface area contributed by atoms with E-state index < -0.39 is 12.1 Å². The fourth-order valence-corrected chi connectivity index (χ4v) is 3.18. The van der Waals surface area contributed by atoms with Crippen molar-refractivity contribution in [2.45, 2.75) is 65.5 Å². The van der Waals surface area contributed by atoms with Crippen LogP contribution in [0.25, 0.3) is 0 Å². The molecule has 1 N–H and O–H groups in total. The molecule has 7 nitrogen and oxygen atoms in total. The fraction of sp³-hybridized carbons (Fsp3) is 0.619. The van der Waals surface area contributed by atoms with Gasteiger partial charge in [0.1, 0.15) is 0 Å². The summed E-state index contributed by atoms with van der Waals surface area (Å²) >= 11 is 0. The number of ether oxygens (including phenoxy) is 4. The lowest BCUT2D eigenvalue weighted by atomic mass is 10.1. The second-order valence-corrected chi connectivity index (χ2v) is 6.64. The van der Waals surface area contributed by atoms with Crippen LogP contribution in [0.3, 0.4) is 0 Å². The van der Waals surface area contributed by atoms with Crippen LogP contribution < -0.4 is 19.5 Å². The number of carbonyl (C=O) groups excluding carboxylic acids is 2. The van der Waals surface area contributed by atoms with Crippen molar-refractivity contribution in [3.63, 3.8) is 0 Å². The van der Waals surface area contributed by atoms with Crippen molar-refractivity contribution >= 4 is 11.9 Å². The first-order chi connectivity index (χ1) is 13.5. The van der Waals surface area contributed by atoms with Gasteiger partial charge in [-0.3, -0.25) is 4.79 Å². The van der Waals surface area contributed by atoms with Crippen LogP contribution in [0.15, 0.2) is 12.1 Å².